The second-order valence-corrected chi connectivity index (χ2v) is 14.0. The van der Waals surface area contributed by atoms with Crippen molar-refractivity contribution in [1.29, 1.82) is 0 Å². The summed E-state index contributed by atoms with van der Waals surface area (Å²) in [5.41, 5.74) is 7.15. The largest absolute Gasteiger partial charge is 0.488 e. The second kappa shape index (κ2) is 13.7. The lowest BCUT2D eigenvalue weighted by molar-refractivity contribution is -0.118. The number of fused-ring (bicyclic) bond motifs is 6. The SMILES string of the molecule is COC[C@@H]1CN[C@H](c2ncc(-c3ccc4c(c3)COc3cc5c(ccc6[nH]c([C@@H]7CC[C@H](C)N7CC(NC(=O)O)C(C=O)OC)nc65)cc3-4)[nH]2)C1. The van der Waals surface area contributed by atoms with Gasteiger partial charge in [0.05, 0.1) is 47.7 Å². The van der Waals surface area contributed by atoms with Gasteiger partial charge < -0.3 is 44.7 Å². The number of carbonyl (C=O) groups excluding carboxylic acids is 1. The van der Waals surface area contributed by atoms with Crippen LogP contribution in [0.1, 0.15) is 55.5 Å². The molecular formula is C38H43N7O6. The van der Waals surface area contributed by atoms with Crippen LogP contribution in [-0.2, 0) is 20.9 Å². The molecule has 3 aliphatic heterocycles. The molecule has 5 heterocycles. The molecule has 0 bridgehead atoms. The molecule has 1 amide bonds. The van der Waals surface area contributed by atoms with Gasteiger partial charge in [-0.05, 0) is 78.4 Å². The molecule has 2 saturated heterocycles. The summed E-state index contributed by atoms with van der Waals surface area (Å²) in [6.07, 6.45) is 3.22. The number of hydrogen-bond acceptors (Lipinski definition) is 9. The molecule has 2 fully saturated rings. The highest BCUT2D eigenvalue weighted by molar-refractivity contribution is 6.07. The first kappa shape index (κ1) is 33.3. The molecule has 0 aliphatic carbocycles. The van der Waals surface area contributed by atoms with Gasteiger partial charge in [0.1, 0.15) is 30.1 Å². The highest BCUT2D eigenvalue weighted by atomic mass is 16.5. The van der Waals surface area contributed by atoms with Gasteiger partial charge in [0.15, 0.2) is 6.29 Å². The van der Waals surface area contributed by atoms with E-state index < -0.39 is 18.2 Å². The smallest absolute Gasteiger partial charge is 0.405 e. The average Bonchev–Trinajstić information content (AvgIpc) is 3.95. The number of carboxylic acid groups (broad SMARTS) is 1. The van der Waals surface area contributed by atoms with Crippen LogP contribution in [0.15, 0.2) is 48.7 Å². The number of nitrogens with zero attached hydrogens (tertiary/aromatic N) is 3. The first-order valence-electron chi connectivity index (χ1n) is 17.6. The fraction of sp³-hybridized carbons (Fsp3) is 0.421. The minimum Gasteiger partial charge on any atom is -0.488 e. The van der Waals surface area contributed by atoms with Crippen molar-refractivity contribution < 1.29 is 28.9 Å². The van der Waals surface area contributed by atoms with Gasteiger partial charge in [-0.15, -0.1) is 0 Å². The molecule has 5 N–H and O–H groups in total. The molecule has 3 aromatic carbocycles. The molecule has 13 heteroatoms. The fourth-order valence-corrected chi connectivity index (χ4v) is 8.24. The molecule has 13 nitrogen and oxygen atoms in total. The minimum absolute atomic E-state index is 0.0763. The average molecular weight is 694 g/mol. The number of aromatic amines is 2. The molecule has 2 unspecified atom stereocenters. The maximum absolute atomic E-state index is 11.7. The van der Waals surface area contributed by atoms with Crippen LogP contribution in [-0.4, -0.2) is 94.4 Å². The molecule has 0 saturated carbocycles. The Labute approximate surface area is 295 Å². The van der Waals surface area contributed by atoms with E-state index in [1.165, 1.54) is 7.11 Å². The number of aldehydes is 1. The molecule has 0 spiro atoms. The van der Waals surface area contributed by atoms with Gasteiger partial charge in [0.25, 0.3) is 0 Å². The summed E-state index contributed by atoms with van der Waals surface area (Å²) < 4.78 is 17.0. The summed E-state index contributed by atoms with van der Waals surface area (Å²) in [5.74, 6) is 3.08. The third-order valence-corrected chi connectivity index (χ3v) is 10.9. The Morgan fingerprint density at radius 1 is 1.14 bits per heavy atom. The zero-order chi connectivity index (χ0) is 35.2. The van der Waals surface area contributed by atoms with Crippen LogP contribution >= 0.6 is 0 Å². The van der Waals surface area contributed by atoms with E-state index in [0.717, 1.165) is 99.6 Å². The van der Waals surface area contributed by atoms with Crippen LogP contribution in [0.4, 0.5) is 4.79 Å². The zero-order valence-corrected chi connectivity index (χ0v) is 28.9. The lowest BCUT2D eigenvalue weighted by Crippen LogP contribution is -2.52. The van der Waals surface area contributed by atoms with Gasteiger partial charge in [-0.2, -0.15) is 0 Å². The Balaban J connectivity index is 1.06. The summed E-state index contributed by atoms with van der Waals surface area (Å²) >= 11 is 0. The number of likely N-dealkylation sites (tertiary alicyclic amines) is 1. The van der Waals surface area contributed by atoms with Crippen LogP contribution in [0.3, 0.4) is 0 Å². The Hall–Kier alpha value is -4.82. The van der Waals surface area contributed by atoms with Crippen molar-refractivity contribution in [2.24, 2.45) is 5.92 Å². The first-order valence-corrected chi connectivity index (χ1v) is 17.6. The number of H-pyrrole nitrogens is 2. The summed E-state index contributed by atoms with van der Waals surface area (Å²) in [7, 11) is 3.16. The van der Waals surface area contributed by atoms with E-state index in [-0.39, 0.29) is 18.1 Å². The molecule has 51 heavy (non-hydrogen) atoms. The Morgan fingerprint density at radius 2 is 2.02 bits per heavy atom. The molecular weight excluding hydrogens is 650 g/mol. The molecule has 8 rings (SSSR count). The number of rotatable bonds is 11. The summed E-state index contributed by atoms with van der Waals surface area (Å²) in [4.78, 5) is 42.4. The number of carbonyl (C=O) groups is 2. The summed E-state index contributed by atoms with van der Waals surface area (Å²) in [5, 5.41) is 17.6. The number of imidazole rings is 2. The molecule has 2 aromatic heterocycles. The lowest BCUT2D eigenvalue weighted by atomic mass is 9.92. The van der Waals surface area contributed by atoms with Crippen molar-refractivity contribution >= 4 is 34.2 Å². The van der Waals surface area contributed by atoms with Crippen molar-refractivity contribution in [3.63, 3.8) is 0 Å². The van der Waals surface area contributed by atoms with E-state index in [1.54, 1.807) is 7.11 Å². The van der Waals surface area contributed by atoms with Gasteiger partial charge >= 0.3 is 6.09 Å². The van der Waals surface area contributed by atoms with Crippen molar-refractivity contribution in [2.45, 2.75) is 63.1 Å². The Morgan fingerprint density at radius 3 is 2.82 bits per heavy atom. The number of ether oxygens (including phenoxy) is 3. The van der Waals surface area contributed by atoms with Crippen LogP contribution in [0.5, 0.6) is 5.75 Å². The van der Waals surface area contributed by atoms with Crippen LogP contribution < -0.4 is 15.4 Å². The van der Waals surface area contributed by atoms with Gasteiger partial charge in [-0.3, -0.25) is 4.90 Å². The number of aromatic nitrogens is 4. The molecule has 266 valence electrons. The fourth-order valence-electron chi connectivity index (χ4n) is 8.24. The number of nitrogens with one attached hydrogen (secondary N) is 4. The molecule has 0 radical (unpaired) electrons. The number of methoxy groups -OCH3 is 2. The number of benzene rings is 3. The van der Waals surface area contributed by atoms with Crippen molar-refractivity contribution in [3.8, 4) is 28.1 Å². The Kier molecular flexibility index (Phi) is 8.96. The third kappa shape index (κ3) is 6.24. The standard InChI is InChI=1S/C38H43N7O6/c1-20-4-9-32(45(20)16-31(43-38(47)48)34(17-46)50-3)37-41-28-8-6-22-12-27-25-7-5-23(11-24(25)19-51-33(27)13-26(22)35(28)44-37)30-15-40-36(42-30)29-10-21(14-39-29)18-49-2/h5-8,11-13,15,17,20-21,29,31-32,34,39,43H,4,9-10,14,16,18-19H2,1-3H3,(H,40,42)(H,41,44)(H,47,48)/t20-,21-,29-,31?,32-,34?/m0/s1. The van der Waals surface area contributed by atoms with Crippen molar-refractivity contribution in [1.82, 2.24) is 35.5 Å². The number of hydrogen-bond donors (Lipinski definition) is 5. The number of amides is 1. The van der Waals surface area contributed by atoms with E-state index in [0.29, 0.717) is 25.4 Å². The summed E-state index contributed by atoms with van der Waals surface area (Å²) in [6, 6.07) is 14.5. The maximum Gasteiger partial charge on any atom is 0.405 e. The highest BCUT2D eigenvalue weighted by Gasteiger charge is 2.37. The normalized spacial score (nSPS) is 22.8. The third-order valence-electron chi connectivity index (χ3n) is 10.9. The van der Waals surface area contributed by atoms with E-state index in [2.05, 4.69) is 74.9 Å². The monoisotopic (exact) mass is 693 g/mol. The van der Waals surface area contributed by atoms with Gasteiger partial charge in [0, 0.05) is 44.3 Å². The molecule has 3 aliphatic rings. The van der Waals surface area contributed by atoms with Gasteiger partial charge in [-0.25, -0.2) is 14.8 Å². The second-order valence-electron chi connectivity index (χ2n) is 14.0. The van der Waals surface area contributed by atoms with Crippen molar-refractivity contribution in [2.75, 3.05) is 33.9 Å². The Bertz CT molecular complexity index is 2090. The van der Waals surface area contributed by atoms with Crippen LogP contribution in [0.2, 0.25) is 0 Å². The maximum atomic E-state index is 11.7. The van der Waals surface area contributed by atoms with Gasteiger partial charge in [0.2, 0.25) is 0 Å². The minimum atomic E-state index is -1.20. The summed E-state index contributed by atoms with van der Waals surface area (Å²) in [6.45, 7) is 4.56. The lowest BCUT2D eigenvalue weighted by Gasteiger charge is -2.32. The van der Waals surface area contributed by atoms with Gasteiger partial charge in [-0.1, -0.05) is 18.2 Å². The quantitative estimate of drug-likeness (QED) is 0.114. The predicted molar refractivity (Wildman–Crippen MR) is 192 cm³/mol. The van der Waals surface area contributed by atoms with E-state index in [4.69, 9.17) is 24.2 Å². The highest BCUT2D eigenvalue weighted by Crippen LogP contribution is 2.43. The topological polar surface area (TPSA) is 167 Å². The first-order chi connectivity index (χ1) is 24.8. The molecule has 5 aromatic rings. The van der Waals surface area contributed by atoms with E-state index in [9.17, 15) is 14.7 Å². The predicted octanol–water partition coefficient (Wildman–Crippen LogP) is 5.34. The molecule has 6 atom stereocenters. The van der Waals surface area contributed by atoms with Crippen LogP contribution in [0, 0.1) is 5.92 Å². The zero-order valence-electron chi connectivity index (χ0n) is 28.9. The van der Waals surface area contributed by atoms with E-state index in [1.807, 2.05) is 6.20 Å². The van der Waals surface area contributed by atoms with E-state index >= 15 is 0 Å². The van der Waals surface area contributed by atoms with Crippen LogP contribution in [0.25, 0.3) is 44.2 Å². The van der Waals surface area contributed by atoms with Crippen molar-refractivity contribution in [3.05, 3.63) is 65.9 Å².